The molecule has 86 valence electrons. The number of nitrogens with two attached hydrogens (primary N) is 1. The van der Waals surface area contributed by atoms with E-state index in [-0.39, 0.29) is 11.5 Å². The highest BCUT2D eigenvalue weighted by Crippen LogP contribution is 2.34. The van der Waals surface area contributed by atoms with Gasteiger partial charge in [0, 0.05) is 16.3 Å². The van der Waals surface area contributed by atoms with E-state index >= 15 is 0 Å². The number of thiophene rings is 1. The second-order valence-corrected chi connectivity index (χ2v) is 6.60. The SMILES string of the molecule is CC(C)(C)C(N)c1nc(-c2ccsc2)cs1. The van der Waals surface area contributed by atoms with Crippen LogP contribution in [-0.4, -0.2) is 4.98 Å². The van der Waals surface area contributed by atoms with E-state index in [1.807, 2.05) is 0 Å². The monoisotopic (exact) mass is 252 g/mol. The quantitative estimate of drug-likeness (QED) is 0.880. The van der Waals surface area contributed by atoms with Gasteiger partial charge in [0.1, 0.15) is 5.01 Å². The van der Waals surface area contributed by atoms with Crippen LogP contribution in [0.2, 0.25) is 0 Å². The van der Waals surface area contributed by atoms with E-state index < -0.39 is 0 Å². The van der Waals surface area contributed by atoms with Crippen LogP contribution in [0.3, 0.4) is 0 Å². The van der Waals surface area contributed by atoms with Gasteiger partial charge in [0.2, 0.25) is 0 Å². The Bertz CT molecular complexity index is 452. The molecule has 1 unspecified atom stereocenters. The van der Waals surface area contributed by atoms with Gasteiger partial charge in [-0.25, -0.2) is 4.98 Å². The Kier molecular flexibility index (Phi) is 3.15. The molecule has 0 amide bonds. The van der Waals surface area contributed by atoms with Crippen molar-refractivity contribution in [2.75, 3.05) is 0 Å². The first-order valence-corrected chi connectivity index (χ1v) is 7.04. The van der Waals surface area contributed by atoms with Crippen molar-refractivity contribution in [1.82, 2.24) is 4.98 Å². The van der Waals surface area contributed by atoms with Crippen LogP contribution in [0.15, 0.2) is 22.2 Å². The summed E-state index contributed by atoms with van der Waals surface area (Å²) in [5.74, 6) is 0. The van der Waals surface area contributed by atoms with Gasteiger partial charge in [-0.3, -0.25) is 0 Å². The molecule has 0 aliphatic carbocycles. The first-order valence-electron chi connectivity index (χ1n) is 5.22. The van der Waals surface area contributed by atoms with Crippen molar-refractivity contribution in [3.8, 4) is 11.3 Å². The molecule has 4 heteroatoms. The lowest BCUT2D eigenvalue weighted by atomic mass is 9.88. The molecule has 0 aromatic carbocycles. The van der Waals surface area contributed by atoms with Gasteiger partial charge in [-0.15, -0.1) is 11.3 Å². The molecule has 2 aromatic rings. The van der Waals surface area contributed by atoms with Crippen LogP contribution in [-0.2, 0) is 0 Å². The highest BCUT2D eigenvalue weighted by molar-refractivity contribution is 7.10. The molecule has 0 bridgehead atoms. The first kappa shape index (κ1) is 11.8. The Hall–Kier alpha value is -0.710. The predicted molar refractivity (Wildman–Crippen MR) is 71.8 cm³/mol. The molecule has 0 spiro atoms. The van der Waals surface area contributed by atoms with Crippen molar-refractivity contribution in [3.63, 3.8) is 0 Å². The molecule has 2 heterocycles. The maximum absolute atomic E-state index is 6.19. The van der Waals surface area contributed by atoms with Gasteiger partial charge in [0.25, 0.3) is 0 Å². The third-order valence-corrected chi connectivity index (χ3v) is 4.15. The summed E-state index contributed by atoms with van der Waals surface area (Å²) in [6.07, 6.45) is 0. The van der Waals surface area contributed by atoms with Gasteiger partial charge >= 0.3 is 0 Å². The van der Waals surface area contributed by atoms with Crippen LogP contribution in [0.25, 0.3) is 11.3 Å². The van der Waals surface area contributed by atoms with E-state index in [2.05, 4.69) is 48.0 Å². The number of aromatic nitrogens is 1. The molecule has 2 aromatic heterocycles. The first-order chi connectivity index (χ1) is 7.48. The second-order valence-electron chi connectivity index (χ2n) is 4.93. The molecule has 0 radical (unpaired) electrons. The fourth-order valence-electron chi connectivity index (χ4n) is 1.34. The Morgan fingerprint density at radius 1 is 1.31 bits per heavy atom. The minimum atomic E-state index is 0.00452. The van der Waals surface area contributed by atoms with E-state index in [0.29, 0.717) is 0 Å². The molecular formula is C12H16N2S2. The largest absolute Gasteiger partial charge is 0.322 e. The van der Waals surface area contributed by atoms with Crippen LogP contribution in [0, 0.1) is 5.41 Å². The zero-order valence-corrected chi connectivity index (χ0v) is 11.4. The van der Waals surface area contributed by atoms with Gasteiger partial charge in [-0.05, 0) is 16.9 Å². The van der Waals surface area contributed by atoms with Crippen molar-refractivity contribution in [2.24, 2.45) is 11.1 Å². The number of hydrogen-bond donors (Lipinski definition) is 1. The smallest absolute Gasteiger partial charge is 0.111 e. The third kappa shape index (κ3) is 2.34. The van der Waals surface area contributed by atoms with E-state index in [0.717, 1.165) is 10.7 Å². The average molecular weight is 252 g/mol. The van der Waals surface area contributed by atoms with E-state index in [1.165, 1.54) is 5.56 Å². The van der Waals surface area contributed by atoms with Gasteiger partial charge in [0.05, 0.1) is 11.7 Å². The molecule has 2 N–H and O–H groups in total. The van der Waals surface area contributed by atoms with Crippen LogP contribution < -0.4 is 5.73 Å². The van der Waals surface area contributed by atoms with E-state index in [4.69, 9.17) is 5.73 Å². The number of nitrogens with zero attached hydrogens (tertiary/aromatic N) is 1. The maximum Gasteiger partial charge on any atom is 0.111 e. The summed E-state index contributed by atoms with van der Waals surface area (Å²) >= 11 is 3.34. The number of rotatable bonds is 2. The molecule has 2 rings (SSSR count). The lowest BCUT2D eigenvalue weighted by molar-refractivity contribution is 0.326. The van der Waals surface area contributed by atoms with Crippen LogP contribution >= 0.6 is 22.7 Å². The van der Waals surface area contributed by atoms with Crippen molar-refractivity contribution in [2.45, 2.75) is 26.8 Å². The van der Waals surface area contributed by atoms with Crippen molar-refractivity contribution >= 4 is 22.7 Å². The van der Waals surface area contributed by atoms with Crippen molar-refractivity contribution < 1.29 is 0 Å². The minimum Gasteiger partial charge on any atom is -0.322 e. The zero-order chi connectivity index (χ0) is 11.8. The average Bonchev–Trinajstić information content (AvgIpc) is 2.85. The Morgan fingerprint density at radius 3 is 2.62 bits per heavy atom. The molecule has 16 heavy (non-hydrogen) atoms. The summed E-state index contributed by atoms with van der Waals surface area (Å²) in [4.78, 5) is 4.62. The Balaban J connectivity index is 2.27. The van der Waals surface area contributed by atoms with Crippen LogP contribution in [0.1, 0.15) is 31.8 Å². The van der Waals surface area contributed by atoms with Crippen molar-refractivity contribution in [1.29, 1.82) is 0 Å². The fourth-order valence-corrected chi connectivity index (χ4v) is 3.07. The van der Waals surface area contributed by atoms with Gasteiger partial charge in [0.15, 0.2) is 0 Å². The van der Waals surface area contributed by atoms with Gasteiger partial charge < -0.3 is 5.73 Å². The molecule has 1 atom stereocenters. The molecule has 2 nitrogen and oxygen atoms in total. The Labute approximate surface area is 104 Å². The third-order valence-electron chi connectivity index (χ3n) is 2.54. The standard InChI is InChI=1S/C12H16N2S2/c1-12(2,3)10(13)11-14-9(7-16-11)8-4-5-15-6-8/h4-7,10H,13H2,1-3H3. The topological polar surface area (TPSA) is 38.9 Å². The van der Waals surface area contributed by atoms with E-state index in [1.54, 1.807) is 22.7 Å². The second kappa shape index (κ2) is 4.28. The van der Waals surface area contributed by atoms with Crippen LogP contribution in [0.5, 0.6) is 0 Å². The van der Waals surface area contributed by atoms with E-state index in [9.17, 15) is 0 Å². The summed E-state index contributed by atoms with van der Waals surface area (Å²) in [7, 11) is 0. The molecule has 0 aliphatic rings. The number of thiazole rings is 1. The fraction of sp³-hybridized carbons (Fsp3) is 0.417. The van der Waals surface area contributed by atoms with Gasteiger partial charge in [-0.1, -0.05) is 20.8 Å². The molecule has 0 saturated heterocycles. The minimum absolute atomic E-state index is 0.00452. The lowest BCUT2D eigenvalue weighted by Gasteiger charge is -2.24. The normalized spacial score (nSPS) is 14.0. The lowest BCUT2D eigenvalue weighted by Crippen LogP contribution is -2.26. The molecule has 0 saturated carbocycles. The summed E-state index contributed by atoms with van der Waals surface area (Å²) in [5, 5.41) is 7.29. The molecular weight excluding hydrogens is 236 g/mol. The maximum atomic E-state index is 6.19. The summed E-state index contributed by atoms with van der Waals surface area (Å²) in [6, 6.07) is 2.09. The van der Waals surface area contributed by atoms with Gasteiger partial charge in [-0.2, -0.15) is 11.3 Å². The van der Waals surface area contributed by atoms with Crippen LogP contribution in [0.4, 0.5) is 0 Å². The number of hydrogen-bond acceptors (Lipinski definition) is 4. The Morgan fingerprint density at radius 2 is 2.06 bits per heavy atom. The van der Waals surface area contributed by atoms with Crippen molar-refractivity contribution in [3.05, 3.63) is 27.2 Å². The zero-order valence-electron chi connectivity index (χ0n) is 9.73. The predicted octanol–water partition coefficient (Wildman–Crippen LogP) is 3.92. The summed E-state index contributed by atoms with van der Waals surface area (Å²) in [5.41, 5.74) is 8.48. The molecule has 0 fully saturated rings. The highest BCUT2D eigenvalue weighted by atomic mass is 32.1. The highest BCUT2D eigenvalue weighted by Gasteiger charge is 2.25. The summed E-state index contributed by atoms with van der Waals surface area (Å²) in [6.45, 7) is 6.43. The summed E-state index contributed by atoms with van der Waals surface area (Å²) < 4.78 is 0. The molecule has 0 aliphatic heterocycles.